The van der Waals surface area contributed by atoms with Crippen molar-refractivity contribution < 1.29 is 14.3 Å². The maximum absolute atomic E-state index is 13.3. The molecule has 2 rings (SSSR count). The zero-order valence-corrected chi connectivity index (χ0v) is 11.9. The Kier molecular flexibility index (Phi) is 5.12. The van der Waals surface area contributed by atoms with Gasteiger partial charge in [-0.1, -0.05) is 18.9 Å². The van der Waals surface area contributed by atoms with Gasteiger partial charge in [-0.05, 0) is 44.4 Å². The number of likely N-dealkylation sites (tertiary alicyclic amines) is 1. The van der Waals surface area contributed by atoms with E-state index < -0.39 is 11.9 Å². The average molecular weight is 279 g/mol. The van der Waals surface area contributed by atoms with E-state index in [1.165, 1.54) is 12.1 Å². The van der Waals surface area contributed by atoms with Crippen molar-refractivity contribution in [3.63, 3.8) is 0 Å². The molecule has 0 spiro atoms. The van der Waals surface area contributed by atoms with Gasteiger partial charge in [0.25, 0.3) is 5.91 Å². The van der Waals surface area contributed by atoms with Crippen LogP contribution in [0.5, 0.6) is 0 Å². The predicted molar refractivity (Wildman–Crippen MR) is 76.0 cm³/mol. The monoisotopic (exact) mass is 279 g/mol. The third-order valence-corrected chi connectivity index (χ3v) is 3.82. The first kappa shape index (κ1) is 15.0. The number of hydrogen-bond acceptors (Lipinski definition) is 2. The van der Waals surface area contributed by atoms with E-state index in [0.29, 0.717) is 18.5 Å². The van der Waals surface area contributed by atoms with Gasteiger partial charge in [0.15, 0.2) is 0 Å². The van der Waals surface area contributed by atoms with Crippen molar-refractivity contribution >= 4 is 5.91 Å². The van der Waals surface area contributed by atoms with Gasteiger partial charge in [-0.2, -0.15) is 0 Å². The molecule has 4 heteroatoms. The molecule has 110 valence electrons. The van der Waals surface area contributed by atoms with E-state index in [0.717, 1.165) is 25.7 Å². The summed E-state index contributed by atoms with van der Waals surface area (Å²) in [6.07, 6.45) is 4.21. The molecule has 1 aromatic rings. The van der Waals surface area contributed by atoms with Gasteiger partial charge in [-0.25, -0.2) is 4.39 Å². The number of halogens is 1. The second-order valence-electron chi connectivity index (χ2n) is 5.60. The lowest BCUT2D eigenvalue weighted by Crippen LogP contribution is -2.41. The van der Waals surface area contributed by atoms with E-state index in [1.807, 2.05) is 4.90 Å². The van der Waals surface area contributed by atoms with E-state index in [4.69, 9.17) is 0 Å². The minimum Gasteiger partial charge on any atom is -0.393 e. The largest absolute Gasteiger partial charge is 0.393 e. The number of aliphatic hydroxyl groups excluding tert-OH is 1. The smallest absolute Gasteiger partial charge is 0.254 e. The number of amides is 1. The molecule has 1 saturated heterocycles. The lowest BCUT2D eigenvalue weighted by molar-refractivity contribution is 0.0606. The van der Waals surface area contributed by atoms with Gasteiger partial charge in [0.1, 0.15) is 5.82 Å². The fourth-order valence-electron chi connectivity index (χ4n) is 2.87. The standard InChI is InChI=1S/C16H22FNO2/c1-12(19)10-15-8-3-2-4-9-18(15)16(20)13-6-5-7-14(17)11-13/h5-7,11-12,15,19H,2-4,8-10H2,1H3. The molecule has 3 nitrogen and oxygen atoms in total. The fraction of sp³-hybridized carbons (Fsp3) is 0.562. The number of nitrogens with zero attached hydrogens (tertiary/aromatic N) is 1. The molecule has 1 aliphatic rings. The highest BCUT2D eigenvalue weighted by atomic mass is 19.1. The summed E-state index contributed by atoms with van der Waals surface area (Å²) in [6, 6.07) is 5.88. The summed E-state index contributed by atoms with van der Waals surface area (Å²) in [5.74, 6) is -0.519. The van der Waals surface area contributed by atoms with E-state index in [2.05, 4.69) is 0 Å². The van der Waals surface area contributed by atoms with Crippen LogP contribution in [0.4, 0.5) is 4.39 Å². The van der Waals surface area contributed by atoms with E-state index >= 15 is 0 Å². The van der Waals surface area contributed by atoms with E-state index in [9.17, 15) is 14.3 Å². The van der Waals surface area contributed by atoms with Gasteiger partial charge in [0.2, 0.25) is 0 Å². The summed E-state index contributed by atoms with van der Waals surface area (Å²) in [5, 5.41) is 9.61. The molecule has 0 saturated carbocycles. The molecule has 0 bridgehead atoms. The van der Waals surface area contributed by atoms with Gasteiger partial charge >= 0.3 is 0 Å². The van der Waals surface area contributed by atoms with Gasteiger partial charge in [-0.15, -0.1) is 0 Å². The Morgan fingerprint density at radius 1 is 1.45 bits per heavy atom. The van der Waals surface area contributed by atoms with Crippen molar-refractivity contribution in [3.05, 3.63) is 35.6 Å². The van der Waals surface area contributed by atoms with Crippen molar-refractivity contribution in [2.24, 2.45) is 0 Å². The molecular formula is C16H22FNO2. The lowest BCUT2D eigenvalue weighted by atomic mass is 10.0. The number of benzene rings is 1. The molecule has 1 heterocycles. The van der Waals surface area contributed by atoms with Crippen LogP contribution >= 0.6 is 0 Å². The normalized spacial score (nSPS) is 21.4. The van der Waals surface area contributed by atoms with Crippen LogP contribution in [0, 0.1) is 5.82 Å². The molecule has 1 N–H and O–H groups in total. The first-order valence-corrected chi connectivity index (χ1v) is 7.32. The van der Waals surface area contributed by atoms with Crippen molar-refractivity contribution in [3.8, 4) is 0 Å². The van der Waals surface area contributed by atoms with Crippen LogP contribution in [-0.2, 0) is 0 Å². The molecule has 0 aromatic heterocycles. The topological polar surface area (TPSA) is 40.5 Å². The summed E-state index contributed by atoms with van der Waals surface area (Å²) < 4.78 is 13.3. The lowest BCUT2D eigenvalue weighted by Gasteiger charge is -2.31. The van der Waals surface area contributed by atoms with Crippen LogP contribution in [-0.4, -0.2) is 34.6 Å². The van der Waals surface area contributed by atoms with Crippen molar-refractivity contribution in [2.75, 3.05) is 6.54 Å². The minimum atomic E-state index is -0.430. The summed E-state index contributed by atoms with van der Waals surface area (Å²) >= 11 is 0. The Morgan fingerprint density at radius 3 is 2.95 bits per heavy atom. The summed E-state index contributed by atoms with van der Waals surface area (Å²) in [7, 11) is 0. The van der Waals surface area contributed by atoms with Crippen LogP contribution in [0.2, 0.25) is 0 Å². The Balaban J connectivity index is 2.19. The minimum absolute atomic E-state index is 0.0493. The van der Waals surface area contributed by atoms with Crippen molar-refractivity contribution in [2.45, 2.75) is 51.2 Å². The van der Waals surface area contributed by atoms with E-state index in [-0.39, 0.29) is 11.9 Å². The van der Waals surface area contributed by atoms with Crippen LogP contribution in [0.3, 0.4) is 0 Å². The molecule has 1 aliphatic heterocycles. The zero-order valence-electron chi connectivity index (χ0n) is 11.9. The Labute approximate surface area is 119 Å². The van der Waals surface area contributed by atoms with Gasteiger partial charge < -0.3 is 10.0 Å². The number of carbonyl (C=O) groups is 1. The SMILES string of the molecule is CC(O)CC1CCCCCN1C(=O)c1cccc(F)c1. The molecule has 1 aromatic carbocycles. The highest BCUT2D eigenvalue weighted by Crippen LogP contribution is 2.22. The number of carbonyl (C=O) groups excluding carboxylic acids is 1. The van der Waals surface area contributed by atoms with Crippen LogP contribution in [0.15, 0.2) is 24.3 Å². The summed E-state index contributed by atoms with van der Waals surface area (Å²) in [4.78, 5) is 14.4. The molecule has 2 atom stereocenters. The van der Waals surface area contributed by atoms with Gasteiger partial charge in [0, 0.05) is 18.2 Å². The molecule has 20 heavy (non-hydrogen) atoms. The Bertz CT molecular complexity index is 462. The van der Waals surface area contributed by atoms with E-state index in [1.54, 1.807) is 19.1 Å². The third-order valence-electron chi connectivity index (χ3n) is 3.82. The first-order chi connectivity index (χ1) is 9.58. The molecule has 1 fully saturated rings. The van der Waals surface area contributed by atoms with Crippen molar-refractivity contribution in [1.29, 1.82) is 0 Å². The second kappa shape index (κ2) is 6.84. The molecular weight excluding hydrogens is 257 g/mol. The number of rotatable bonds is 3. The van der Waals surface area contributed by atoms with Gasteiger partial charge in [-0.3, -0.25) is 4.79 Å². The third kappa shape index (κ3) is 3.79. The van der Waals surface area contributed by atoms with Crippen LogP contribution in [0.25, 0.3) is 0 Å². The highest BCUT2D eigenvalue weighted by molar-refractivity contribution is 5.94. The fourth-order valence-corrected chi connectivity index (χ4v) is 2.87. The maximum Gasteiger partial charge on any atom is 0.254 e. The molecule has 0 aliphatic carbocycles. The zero-order chi connectivity index (χ0) is 14.5. The maximum atomic E-state index is 13.3. The van der Waals surface area contributed by atoms with Crippen LogP contribution in [0.1, 0.15) is 49.4 Å². The van der Waals surface area contributed by atoms with Crippen LogP contribution < -0.4 is 0 Å². The average Bonchev–Trinajstić information content (AvgIpc) is 2.63. The summed E-state index contributed by atoms with van der Waals surface area (Å²) in [6.45, 7) is 2.43. The first-order valence-electron chi connectivity index (χ1n) is 7.32. The molecule has 0 radical (unpaired) electrons. The Hall–Kier alpha value is -1.42. The second-order valence-corrected chi connectivity index (χ2v) is 5.60. The number of hydrogen-bond donors (Lipinski definition) is 1. The quantitative estimate of drug-likeness (QED) is 0.924. The summed E-state index contributed by atoms with van der Waals surface area (Å²) in [5.41, 5.74) is 0.391. The Morgan fingerprint density at radius 2 is 2.25 bits per heavy atom. The highest BCUT2D eigenvalue weighted by Gasteiger charge is 2.27. The predicted octanol–water partition coefficient (Wildman–Crippen LogP) is 2.98. The van der Waals surface area contributed by atoms with Gasteiger partial charge in [0.05, 0.1) is 6.10 Å². The molecule has 2 unspecified atom stereocenters. The van der Waals surface area contributed by atoms with Crippen molar-refractivity contribution in [1.82, 2.24) is 4.90 Å². The number of aliphatic hydroxyl groups is 1. The molecule has 1 amide bonds.